The first-order valence-electron chi connectivity index (χ1n) is 8.07. The lowest BCUT2D eigenvalue weighted by molar-refractivity contribution is 0.121. The zero-order chi connectivity index (χ0) is 16.7. The number of carbonyl (C=O) groups is 1. The Morgan fingerprint density at radius 2 is 2.13 bits per heavy atom. The highest BCUT2D eigenvalue weighted by molar-refractivity contribution is 7.84. The Hall–Kier alpha value is -1.40. The van der Waals surface area contributed by atoms with Crippen LogP contribution in [-0.4, -0.2) is 40.3 Å². The smallest absolute Gasteiger partial charge is 0.315 e. The Bertz CT molecular complexity index is 538. The van der Waals surface area contributed by atoms with Crippen molar-refractivity contribution < 1.29 is 14.1 Å². The van der Waals surface area contributed by atoms with Crippen LogP contribution in [0.1, 0.15) is 31.7 Å². The van der Waals surface area contributed by atoms with Crippen molar-refractivity contribution in [2.45, 2.75) is 38.0 Å². The molecule has 1 aromatic rings. The Labute approximate surface area is 140 Å². The van der Waals surface area contributed by atoms with E-state index < -0.39 is 10.8 Å². The molecule has 1 aliphatic carbocycles. The monoisotopic (exact) mass is 338 g/mol. The van der Waals surface area contributed by atoms with Crippen molar-refractivity contribution >= 4 is 16.8 Å². The highest BCUT2D eigenvalue weighted by Gasteiger charge is 2.39. The van der Waals surface area contributed by atoms with Gasteiger partial charge in [-0.3, -0.25) is 4.21 Å². The number of hydrogen-bond acceptors (Lipinski definition) is 3. The Morgan fingerprint density at radius 3 is 2.83 bits per heavy atom. The molecule has 0 aromatic heterocycles. The summed E-state index contributed by atoms with van der Waals surface area (Å²) in [7, 11) is -0.991. The third-order valence-electron chi connectivity index (χ3n) is 4.53. The van der Waals surface area contributed by atoms with E-state index >= 15 is 0 Å². The molecule has 6 heteroatoms. The van der Waals surface area contributed by atoms with Gasteiger partial charge in [-0.1, -0.05) is 43.7 Å². The first kappa shape index (κ1) is 17.9. The van der Waals surface area contributed by atoms with Crippen LogP contribution in [-0.2, 0) is 16.6 Å². The lowest BCUT2D eigenvalue weighted by Gasteiger charge is -2.30. The van der Waals surface area contributed by atoms with Gasteiger partial charge in [0, 0.05) is 40.3 Å². The number of carbonyl (C=O) groups excluding carboxylic acids is 1. The fraction of sp³-hybridized carbons (Fsp3) is 0.588. The second-order valence-corrected chi connectivity index (χ2v) is 8.01. The quantitative estimate of drug-likeness (QED) is 0.709. The number of aliphatic hydroxyl groups is 1. The summed E-state index contributed by atoms with van der Waals surface area (Å²) in [5.74, 6) is 0.944. The molecular formula is C17H26N2O3S. The van der Waals surface area contributed by atoms with Crippen molar-refractivity contribution in [2.75, 3.05) is 18.9 Å². The highest BCUT2D eigenvalue weighted by Crippen LogP contribution is 2.37. The predicted octanol–water partition coefficient (Wildman–Crippen LogP) is 1.79. The van der Waals surface area contributed by atoms with Crippen LogP contribution in [0, 0.1) is 5.41 Å². The van der Waals surface area contributed by atoms with Crippen molar-refractivity contribution in [3.63, 3.8) is 0 Å². The van der Waals surface area contributed by atoms with E-state index in [1.165, 1.54) is 0 Å². The van der Waals surface area contributed by atoms with Crippen LogP contribution in [0.15, 0.2) is 30.3 Å². The molecular weight excluding hydrogens is 312 g/mol. The summed E-state index contributed by atoms with van der Waals surface area (Å²) in [6.07, 6.45) is 2.84. The number of hydrogen-bond donors (Lipinski definition) is 3. The third-order valence-corrected chi connectivity index (χ3v) is 5.85. The minimum absolute atomic E-state index is 0.00214. The summed E-state index contributed by atoms with van der Waals surface area (Å²) < 4.78 is 12.0. The second kappa shape index (κ2) is 8.45. The van der Waals surface area contributed by atoms with Crippen LogP contribution in [0.3, 0.4) is 0 Å². The molecule has 0 saturated heterocycles. The van der Waals surface area contributed by atoms with Gasteiger partial charge in [0.25, 0.3) is 0 Å². The topological polar surface area (TPSA) is 78.4 Å². The lowest BCUT2D eigenvalue weighted by atomic mass is 9.86. The largest absolute Gasteiger partial charge is 0.396 e. The predicted molar refractivity (Wildman–Crippen MR) is 92.5 cm³/mol. The number of rotatable bonds is 7. The molecule has 0 heterocycles. The molecule has 128 valence electrons. The summed E-state index contributed by atoms with van der Waals surface area (Å²) in [6.45, 7) is 2.47. The maximum Gasteiger partial charge on any atom is 0.315 e. The highest BCUT2D eigenvalue weighted by atomic mass is 32.2. The molecule has 0 bridgehead atoms. The zero-order valence-electron chi connectivity index (χ0n) is 13.6. The molecule has 0 spiro atoms. The van der Waals surface area contributed by atoms with Crippen LogP contribution in [0.25, 0.3) is 0 Å². The number of urea groups is 1. The second-order valence-electron chi connectivity index (χ2n) is 6.43. The van der Waals surface area contributed by atoms with Crippen LogP contribution in [0.2, 0.25) is 0 Å². The van der Waals surface area contributed by atoms with Gasteiger partial charge in [-0.2, -0.15) is 0 Å². The fourth-order valence-corrected chi connectivity index (χ4v) is 4.03. The summed E-state index contributed by atoms with van der Waals surface area (Å²) in [5.41, 5.74) is 0.813. The molecule has 3 unspecified atom stereocenters. The number of amides is 2. The molecule has 1 saturated carbocycles. The molecule has 1 aromatic carbocycles. The summed E-state index contributed by atoms with van der Waals surface area (Å²) in [6, 6.07) is 9.45. The van der Waals surface area contributed by atoms with E-state index in [-0.39, 0.29) is 24.1 Å². The number of nitrogens with one attached hydrogen (secondary N) is 2. The summed E-state index contributed by atoms with van der Waals surface area (Å²) in [4.78, 5) is 11.9. The van der Waals surface area contributed by atoms with E-state index in [1.807, 2.05) is 37.3 Å². The van der Waals surface area contributed by atoms with Gasteiger partial charge in [0.05, 0.1) is 6.61 Å². The van der Waals surface area contributed by atoms with Gasteiger partial charge in [-0.15, -0.1) is 0 Å². The molecule has 2 rings (SSSR count). The maximum atomic E-state index is 12.0. The van der Waals surface area contributed by atoms with Gasteiger partial charge < -0.3 is 15.7 Å². The van der Waals surface area contributed by atoms with E-state index in [0.717, 1.165) is 24.8 Å². The van der Waals surface area contributed by atoms with Crippen molar-refractivity contribution in [3.05, 3.63) is 35.9 Å². The van der Waals surface area contributed by atoms with E-state index in [1.54, 1.807) is 0 Å². The Kier molecular flexibility index (Phi) is 6.59. The molecule has 3 atom stereocenters. The molecule has 0 aliphatic heterocycles. The molecule has 1 aliphatic rings. The van der Waals surface area contributed by atoms with Crippen molar-refractivity contribution in [1.82, 2.24) is 10.6 Å². The van der Waals surface area contributed by atoms with Crippen LogP contribution in [0.4, 0.5) is 4.79 Å². The Morgan fingerprint density at radius 1 is 1.39 bits per heavy atom. The molecule has 1 fully saturated rings. The van der Waals surface area contributed by atoms with E-state index in [0.29, 0.717) is 18.1 Å². The number of benzene rings is 1. The van der Waals surface area contributed by atoms with Gasteiger partial charge in [-0.25, -0.2) is 4.79 Å². The van der Waals surface area contributed by atoms with Crippen molar-refractivity contribution in [1.29, 1.82) is 0 Å². The van der Waals surface area contributed by atoms with E-state index in [4.69, 9.17) is 0 Å². The number of aliphatic hydroxyl groups excluding tert-OH is 1. The molecule has 3 N–H and O–H groups in total. The normalized spacial score (nSPS) is 25.0. The first-order chi connectivity index (χ1) is 11.0. The van der Waals surface area contributed by atoms with Gasteiger partial charge in [0.1, 0.15) is 0 Å². The molecule has 2 amide bonds. The van der Waals surface area contributed by atoms with E-state index in [2.05, 4.69) is 10.6 Å². The maximum absolute atomic E-state index is 12.0. The average molecular weight is 338 g/mol. The van der Waals surface area contributed by atoms with E-state index in [9.17, 15) is 14.1 Å². The lowest BCUT2D eigenvalue weighted by Crippen LogP contribution is -2.49. The van der Waals surface area contributed by atoms with Gasteiger partial charge in [-0.05, 0) is 18.4 Å². The van der Waals surface area contributed by atoms with Crippen LogP contribution < -0.4 is 10.6 Å². The third kappa shape index (κ3) is 5.32. The summed E-state index contributed by atoms with van der Waals surface area (Å²) in [5, 5.41) is 15.2. The van der Waals surface area contributed by atoms with Crippen LogP contribution >= 0.6 is 0 Å². The minimum atomic E-state index is -0.991. The van der Waals surface area contributed by atoms with Crippen molar-refractivity contribution in [3.8, 4) is 0 Å². The minimum Gasteiger partial charge on any atom is -0.396 e. The molecule has 5 nitrogen and oxygen atoms in total. The van der Waals surface area contributed by atoms with Crippen molar-refractivity contribution in [2.24, 2.45) is 5.41 Å². The molecule has 0 radical (unpaired) electrons. The summed E-state index contributed by atoms with van der Waals surface area (Å²) >= 11 is 0. The van der Waals surface area contributed by atoms with Gasteiger partial charge in [0.2, 0.25) is 0 Å². The first-order valence-corrected chi connectivity index (χ1v) is 9.56. The fourth-order valence-electron chi connectivity index (χ4n) is 2.99. The Balaban J connectivity index is 1.68. The van der Waals surface area contributed by atoms with Crippen LogP contribution in [0.5, 0.6) is 0 Å². The molecule has 23 heavy (non-hydrogen) atoms. The average Bonchev–Trinajstić information content (AvgIpc) is 2.90. The SMILES string of the molecule is CC1(CO)CCCC1NC(=O)NCCS(=O)Cc1ccccc1. The van der Waals surface area contributed by atoms with Gasteiger partial charge >= 0.3 is 6.03 Å². The zero-order valence-corrected chi connectivity index (χ0v) is 14.4. The van der Waals surface area contributed by atoms with Gasteiger partial charge in [0.15, 0.2) is 0 Å². The standard InChI is InChI=1S/C17H26N2O3S/c1-17(13-20)9-5-8-15(17)19-16(21)18-10-11-23(22)12-14-6-3-2-4-7-14/h2-4,6-7,15,20H,5,8-13H2,1H3,(H2,18,19,21).